The molecule has 2 saturated carbocycles. The van der Waals surface area contributed by atoms with Gasteiger partial charge in [0.25, 0.3) is 0 Å². The fourth-order valence-corrected chi connectivity index (χ4v) is 12.7. The Labute approximate surface area is 439 Å². The van der Waals surface area contributed by atoms with Gasteiger partial charge < -0.3 is 50.0 Å². The lowest BCUT2D eigenvalue weighted by Crippen LogP contribution is -2.60. The van der Waals surface area contributed by atoms with Gasteiger partial charge in [0.2, 0.25) is 29.5 Å². The highest BCUT2D eigenvalue weighted by molar-refractivity contribution is 5.93. The molecule has 17 heteroatoms. The van der Waals surface area contributed by atoms with E-state index >= 15 is 0 Å². The fraction of sp³-hybridized carbons (Fsp3) is 0.737. The third-order valence-corrected chi connectivity index (χ3v) is 17.1. The molecular formula is C57H86N6O11. The van der Waals surface area contributed by atoms with Crippen molar-refractivity contribution < 1.29 is 52.9 Å². The quantitative estimate of drug-likeness (QED) is 0.0596. The van der Waals surface area contributed by atoms with E-state index in [9.17, 15) is 38.7 Å². The van der Waals surface area contributed by atoms with Crippen LogP contribution in [-0.2, 0) is 49.4 Å². The van der Waals surface area contributed by atoms with Crippen LogP contribution in [0.4, 0.5) is 4.79 Å². The van der Waals surface area contributed by atoms with Crippen molar-refractivity contribution in [3.05, 3.63) is 35.9 Å². The van der Waals surface area contributed by atoms with Crippen molar-refractivity contribution in [3.63, 3.8) is 0 Å². The SMILES string of the molecule is CC[C@H](C)[C@@H]([C@@H](CC(=O)N1CCC[C@H]1[C@H](OC)[C@@H](C)C(=O)N[C@@H](Cc1ccccc1)C(=O)O)OC)N(C)C(=O)[C@@H](NC(=O)[C@@H]1[C@H]2CC[C@H](C2)N1C(=O)CCCCCNC(=O)OCC1[C@H]2CCC#CCC[C@@H]12)C(C)C. The number of alkyl carbamates (subject to hydrolysis) is 1. The smallest absolute Gasteiger partial charge is 0.407 e. The minimum Gasteiger partial charge on any atom is -0.480 e. The molecule has 6 amide bonds. The van der Waals surface area contributed by atoms with Crippen molar-refractivity contribution in [2.24, 2.45) is 41.4 Å². The van der Waals surface area contributed by atoms with Gasteiger partial charge in [-0.25, -0.2) is 9.59 Å². The Balaban J connectivity index is 1.01. The van der Waals surface area contributed by atoms with Crippen LogP contribution in [0.2, 0.25) is 0 Å². The Morgan fingerprint density at radius 2 is 1.57 bits per heavy atom. The standard InChI is InChI=1S/C57H86N6O11/c1-9-36(4)50(46(72-7)33-48(65)62-30-20-25-45(62)52(73-8)37(5)53(66)59-44(56(69)70)31-38-21-14-12-15-22-38)61(6)55(68)49(35(2)3)60-54(67)51-39-27-28-40(32-39)63(51)47(64)26-18-13-19-29-58-57(71)74-34-43-41-23-16-10-11-17-24-42(41)43/h12,14-15,21-22,35-37,39-46,49-52H,9,13,16-20,23-34H2,1-8H3,(H,58,71)(H,59,66)(H,60,67)(H,69,70)/t36-,37+,39-,40+,41-,42+,43?,44-,45-,46+,49-,50-,51-,52+/m0/s1. The molecule has 0 spiro atoms. The first-order valence-electron chi connectivity index (χ1n) is 27.7. The van der Waals surface area contributed by atoms with Crippen molar-refractivity contribution in [2.75, 3.05) is 41.0 Å². The number of rotatable bonds is 27. The van der Waals surface area contributed by atoms with E-state index in [1.165, 1.54) is 14.2 Å². The first-order chi connectivity index (χ1) is 35.5. The van der Waals surface area contributed by atoms with E-state index in [0.29, 0.717) is 69.6 Å². The summed E-state index contributed by atoms with van der Waals surface area (Å²) in [5, 5.41) is 18.6. The molecule has 410 valence electrons. The van der Waals surface area contributed by atoms with E-state index in [-0.39, 0.29) is 66.7 Å². The maximum absolute atomic E-state index is 14.7. The molecule has 0 aromatic heterocycles. The lowest BCUT2D eigenvalue weighted by molar-refractivity contribution is -0.149. The monoisotopic (exact) mass is 1030 g/mol. The minimum atomic E-state index is -1.15. The van der Waals surface area contributed by atoms with Crippen molar-refractivity contribution in [2.45, 2.75) is 186 Å². The Morgan fingerprint density at radius 3 is 2.20 bits per heavy atom. The zero-order valence-corrected chi connectivity index (χ0v) is 45.4. The van der Waals surface area contributed by atoms with Crippen LogP contribution in [0.25, 0.3) is 0 Å². The number of nitrogens with one attached hydrogen (secondary N) is 3. The number of hydrogen-bond acceptors (Lipinski definition) is 10. The lowest BCUT2D eigenvalue weighted by atomic mass is 9.89. The normalized spacial score (nSPS) is 25.6. The van der Waals surface area contributed by atoms with Crippen molar-refractivity contribution in [3.8, 4) is 11.8 Å². The molecule has 4 N–H and O–H groups in total. The number of likely N-dealkylation sites (N-methyl/N-ethyl adjacent to an activating group) is 1. The zero-order valence-electron chi connectivity index (χ0n) is 45.4. The highest BCUT2D eigenvalue weighted by Gasteiger charge is 2.52. The number of aliphatic carboxylic acids is 1. The molecule has 1 aromatic rings. The molecule has 0 radical (unpaired) electrons. The largest absolute Gasteiger partial charge is 0.480 e. The molecule has 5 aliphatic rings. The van der Waals surface area contributed by atoms with Crippen molar-refractivity contribution >= 4 is 41.6 Å². The van der Waals surface area contributed by atoms with Gasteiger partial charge in [0.15, 0.2) is 0 Å². The predicted molar refractivity (Wildman–Crippen MR) is 279 cm³/mol. The van der Waals surface area contributed by atoms with Gasteiger partial charge in [-0.2, -0.15) is 0 Å². The molecule has 4 fully saturated rings. The maximum atomic E-state index is 14.7. The first-order valence-corrected chi connectivity index (χ1v) is 27.7. The summed E-state index contributed by atoms with van der Waals surface area (Å²) >= 11 is 0. The van der Waals surface area contributed by atoms with E-state index < -0.39 is 66.3 Å². The number of methoxy groups -OCH3 is 2. The summed E-state index contributed by atoms with van der Waals surface area (Å²) in [6.45, 7) is 10.8. The van der Waals surface area contributed by atoms with Crippen LogP contribution in [0.5, 0.6) is 0 Å². The van der Waals surface area contributed by atoms with Gasteiger partial charge in [0.05, 0.1) is 43.2 Å². The average Bonchev–Trinajstić information content (AvgIpc) is 3.81. The molecule has 2 aliphatic heterocycles. The Kier molecular flexibility index (Phi) is 21.6. The first kappa shape index (κ1) is 58.1. The van der Waals surface area contributed by atoms with E-state index in [1.807, 2.05) is 58.0 Å². The van der Waals surface area contributed by atoms with Gasteiger partial charge in [-0.1, -0.05) is 77.8 Å². The molecule has 14 atom stereocenters. The van der Waals surface area contributed by atoms with Crippen LogP contribution in [-0.4, -0.2) is 151 Å². The molecule has 1 unspecified atom stereocenters. The summed E-state index contributed by atoms with van der Waals surface area (Å²) in [6.07, 6.45) is 8.90. The third kappa shape index (κ3) is 14.6. The van der Waals surface area contributed by atoms with Crippen molar-refractivity contribution in [1.82, 2.24) is 30.7 Å². The number of likely N-dealkylation sites (tertiary alicyclic amines) is 2. The van der Waals surface area contributed by atoms with Gasteiger partial charge in [0, 0.05) is 66.1 Å². The number of benzene rings is 1. The van der Waals surface area contributed by atoms with Crippen LogP contribution in [0.3, 0.4) is 0 Å². The third-order valence-electron chi connectivity index (χ3n) is 17.1. The van der Waals surface area contributed by atoms with Crippen LogP contribution in [0, 0.1) is 53.3 Å². The van der Waals surface area contributed by atoms with E-state index in [0.717, 1.165) is 56.9 Å². The lowest BCUT2D eigenvalue weighted by Gasteiger charge is -2.41. The number of ether oxygens (including phenoxy) is 3. The number of fused-ring (bicyclic) bond motifs is 3. The van der Waals surface area contributed by atoms with Crippen LogP contribution < -0.4 is 16.0 Å². The molecule has 3 aliphatic carbocycles. The number of nitrogens with zero attached hydrogens (tertiary/aromatic N) is 3. The Morgan fingerprint density at radius 1 is 0.865 bits per heavy atom. The van der Waals surface area contributed by atoms with Gasteiger partial charge in [-0.15, -0.1) is 11.8 Å². The molecular weight excluding hydrogens is 945 g/mol. The number of unbranched alkanes of at least 4 members (excludes halogenated alkanes) is 2. The number of carboxylic acids is 1. The van der Waals surface area contributed by atoms with Crippen LogP contribution >= 0.6 is 0 Å². The van der Waals surface area contributed by atoms with Crippen LogP contribution in [0.1, 0.15) is 136 Å². The maximum Gasteiger partial charge on any atom is 0.407 e. The average molecular weight is 1030 g/mol. The molecule has 2 heterocycles. The fourth-order valence-electron chi connectivity index (χ4n) is 12.7. The Bertz CT molecular complexity index is 2130. The summed E-state index contributed by atoms with van der Waals surface area (Å²) in [4.78, 5) is 101. The van der Waals surface area contributed by atoms with E-state index in [1.54, 1.807) is 28.7 Å². The molecule has 6 rings (SSSR count). The zero-order chi connectivity index (χ0) is 53.6. The second-order valence-corrected chi connectivity index (χ2v) is 22.1. The second-order valence-electron chi connectivity index (χ2n) is 22.1. The van der Waals surface area contributed by atoms with Crippen molar-refractivity contribution in [1.29, 1.82) is 0 Å². The molecule has 1 aromatic carbocycles. The number of amides is 6. The number of carboxylic acid groups (broad SMARTS) is 1. The van der Waals surface area contributed by atoms with Gasteiger partial charge in [-0.05, 0) is 98.9 Å². The molecule has 2 saturated heterocycles. The number of carbonyl (C=O) groups excluding carboxylic acids is 6. The summed E-state index contributed by atoms with van der Waals surface area (Å²) < 4.78 is 17.6. The van der Waals surface area contributed by atoms with Gasteiger partial charge >= 0.3 is 12.1 Å². The summed E-state index contributed by atoms with van der Waals surface area (Å²) in [7, 11) is 4.72. The second kappa shape index (κ2) is 27.5. The summed E-state index contributed by atoms with van der Waals surface area (Å²) in [6, 6.07) is 5.30. The number of hydrogen-bond donors (Lipinski definition) is 4. The number of piperidine rings is 1. The van der Waals surface area contributed by atoms with E-state index in [2.05, 4.69) is 27.8 Å². The van der Waals surface area contributed by atoms with Crippen LogP contribution in [0.15, 0.2) is 30.3 Å². The molecule has 2 bridgehead atoms. The van der Waals surface area contributed by atoms with E-state index in [4.69, 9.17) is 14.2 Å². The minimum absolute atomic E-state index is 0.00384. The topological polar surface area (TPSA) is 213 Å². The summed E-state index contributed by atoms with van der Waals surface area (Å²) in [5.74, 6) is 4.31. The molecule has 74 heavy (non-hydrogen) atoms. The Hall–Kier alpha value is -5.21. The van der Waals surface area contributed by atoms with Gasteiger partial charge in [0.1, 0.15) is 18.1 Å². The number of carbonyl (C=O) groups is 7. The highest BCUT2D eigenvalue weighted by Crippen LogP contribution is 2.52. The highest BCUT2D eigenvalue weighted by atomic mass is 16.5. The summed E-state index contributed by atoms with van der Waals surface area (Å²) in [5.41, 5.74) is 0.771. The predicted octanol–water partition coefficient (Wildman–Crippen LogP) is 5.97. The van der Waals surface area contributed by atoms with Gasteiger partial charge in [-0.3, -0.25) is 24.0 Å². The molecule has 17 nitrogen and oxygen atoms in total.